The van der Waals surface area contributed by atoms with Crippen molar-refractivity contribution in [1.82, 2.24) is 13.9 Å². The van der Waals surface area contributed by atoms with Gasteiger partial charge >= 0.3 is 0 Å². The van der Waals surface area contributed by atoms with Gasteiger partial charge in [-0.3, -0.25) is 4.79 Å². The highest BCUT2D eigenvalue weighted by Gasteiger charge is 2.36. The highest BCUT2D eigenvalue weighted by Crippen LogP contribution is 2.21. The molecule has 20 heavy (non-hydrogen) atoms. The van der Waals surface area contributed by atoms with E-state index in [1.54, 1.807) is 0 Å². The Morgan fingerprint density at radius 3 is 2.60 bits per heavy atom. The summed E-state index contributed by atoms with van der Waals surface area (Å²) in [5.74, 6) is -0.283. The largest absolute Gasteiger partial charge is 0.379 e. The van der Waals surface area contributed by atoms with Gasteiger partial charge in [-0.1, -0.05) is 0 Å². The van der Waals surface area contributed by atoms with Gasteiger partial charge in [0.2, 0.25) is 5.91 Å². The number of piperidine rings is 1. The molecule has 1 amide bonds. The Kier molecular flexibility index (Phi) is 5.36. The fourth-order valence-electron chi connectivity index (χ4n) is 2.63. The van der Waals surface area contributed by atoms with Crippen LogP contribution in [0.1, 0.15) is 19.8 Å². The molecule has 2 heterocycles. The molecule has 1 N–H and O–H groups in total. The van der Waals surface area contributed by atoms with E-state index in [-0.39, 0.29) is 18.4 Å². The minimum Gasteiger partial charge on any atom is -0.379 e. The number of ether oxygens (including phenoxy) is 1. The summed E-state index contributed by atoms with van der Waals surface area (Å²) < 4.78 is 33.1. The van der Waals surface area contributed by atoms with Crippen LogP contribution < -0.4 is 5.32 Å². The SMILES string of the molecule is CCNC(=O)[C@H]1CCCN(S(=O)(=O)N2CCOCC2)C1. The van der Waals surface area contributed by atoms with Crippen molar-refractivity contribution < 1.29 is 17.9 Å². The third-order valence-corrected chi connectivity index (χ3v) is 5.73. The first kappa shape index (κ1) is 15.7. The summed E-state index contributed by atoms with van der Waals surface area (Å²) in [5, 5.41) is 2.77. The van der Waals surface area contributed by atoms with Crippen molar-refractivity contribution in [3.63, 3.8) is 0 Å². The molecule has 2 rings (SSSR count). The van der Waals surface area contributed by atoms with E-state index in [1.165, 1.54) is 8.61 Å². The summed E-state index contributed by atoms with van der Waals surface area (Å²) in [6.07, 6.45) is 1.48. The summed E-state index contributed by atoms with van der Waals surface area (Å²) in [4.78, 5) is 11.9. The third-order valence-electron chi connectivity index (χ3n) is 3.73. The summed E-state index contributed by atoms with van der Waals surface area (Å²) in [5.41, 5.74) is 0. The molecule has 0 saturated carbocycles. The first-order valence-electron chi connectivity index (χ1n) is 7.16. The van der Waals surface area contributed by atoms with Gasteiger partial charge in [0.1, 0.15) is 0 Å². The van der Waals surface area contributed by atoms with Gasteiger partial charge in [0.05, 0.1) is 19.1 Å². The van der Waals surface area contributed by atoms with Gasteiger partial charge in [-0.2, -0.15) is 17.0 Å². The number of hydrogen-bond acceptors (Lipinski definition) is 4. The van der Waals surface area contributed by atoms with Gasteiger partial charge in [-0.15, -0.1) is 0 Å². The topological polar surface area (TPSA) is 79.0 Å². The van der Waals surface area contributed by atoms with Crippen LogP contribution in [-0.4, -0.2) is 68.9 Å². The Morgan fingerprint density at radius 1 is 1.25 bits per heavy atom. The molecule has 8 heteroatoms. The van der Waals surface area contributed by atoms with Gasteiger partial charge in [-0.05, 0) is 19.8 Å². The Hall–Kier alpha value is -0.700. The molecule has 0 bridgehead atoms. The number of amides is 1. The number of nitrogens with one attached hydrogen (secondary N) is 1. The summed E-state index contributed by atoms with van der Waals surface area (Å²) in [7, 11) is -3.46. The monoisotopic (exact) mass is 305 g/mol. The Balaban J connectivity index is 2.01. The summed E-state index contributed by atoms with van der Waals surface area (Å²) in [6.45, 7) is 4.88. The van der Waals surface area contributed by atoms with Gasteiger partial charge in [0, 0.05) is 32.7 Å². The molecule has 0 radical (unpaired) electrons. The number of morpholine rings is 1. The zero-order valence-corrected chi connectivity index (χ0v) is 12.7. The minimum atomic E-state index is -3.46. The van der Waals surface area contributed by atoms with Crippen LogP contribution in [0.15, 0.2) is 0 Å². The lowest BCUT2D eigenvalue weighted by Gasteiger charge is -2.36. The molecule has 2 aliphatic heterocycles. The summed E-state index contributed by atoms with van der Waals surface area (Å²) in [6, 6.07) is 0. The van der Waals surface area contributed by atoms with Crippen LogP contribution in [-0.2, 0) is 19.7 Å². The fourth-order valence-corrected chi connectivity index (χ4v) is 4.29. The molecule has 0 spiro atoms. The average molecular weight is 305 g/mol. The molecule has 2 saturated heterocycles. The molecule has 0 unspecified atom stereocenters. The van der Waals surface area contributed by atoms with E-state index in [9.17, 15) is 13.2 Å². The lowest BCUT2D eigenvalue weighted by molar-refractivity contribution is -0.125. The van der Waals surface area contributed by atoms with E-state index in [0.717, 1.165) is 12.8 Å². The van der Waals surface area contributed by atoms with Crippen molar-refractivity contribution in [2.45, 2.75) is 19.8 Å². The van der Waals surface area contributed by atoms with Crippen molar-refractivity contribution in [2.24, 2.45) is 5.92 Å². The number of rotatable bonds is 4. The fraction of sp³-hybridized carbons (Fsp3) is 0.917. The zero-order chi connectivity index (χ0) is 14.6. The smallest absolute Gasteiger partial charge is 0.282 e. The van der Waals surface area contributed by atoms with E-state index in [2.05, 4.69) is 5.32 Å². The molecule has 0 aliphatic carbocycles. The molecule has 1 atom stereocenters. The van der Waals surface area contributed by atoms with Crippen LogP contribution in [0.3, 0.4) is 0 Å². The second-order valence-corrected chi connectivity index (χ2v) is 7.04. The Labute approximate surface area is 120 Å². The molecular formula is C12H23N3O4S. The van der Waals surface area contributed by atoms with Crippen LogP contribution in [0.4, 0.5) is 0 Å². The zero-order valence-electron chi connectivity index (χ0n) is 11.9. The van der Waals surface area contributed by atoms with Crippen LogP contribution in [0, 0.1) is 5.92 Å². The molecule has 0 aromatic heterocycles. The van der Waals surface area contributed by atoms with E-state index in [0.29, 0.717) is 39.4 Å². The maximum atomic E-state index is 12.5. The highest BCUT2D eigenvalue weighted by molar-refractivity contribution is 7.86. The third kappa shape index (κ3) is 3.49. The van der Waals surface area contributed by atoms with E-state index in [1.807, 2.05) is 6.92 Å². The van der Waals surface area contributed by atoms with Crippen molar-refractivity contribution in [3.8, 4) is 0 Å². The van der Waals surface area contributed by atoms with E-state index < -0.39 is 10.2 Å². The van der Waals surface area contributed by atoms with Crippen molar-refractivity contribution in [2.75, 3.05) is 45.9 Å². The second-order valence-electron chi connectivity index (χ2n) is 5.11. The van der Waals surface area contributed by atoms with Crippen LogP contribution in [0.25, 0.3) is 0 Å². The molecule has 116 valence electrons. The Bertz CT molecular complexity index is 434. The predicted octanol–water partition coefficient (Wildman–Crippen LogP) is -0.588. The van der Waals surface area contributed by atoms with Gasteiger partial charge in [-0.25, -0.2) is 0 Å². The van der Waals surface area contributed by atoms with Crippen LogP contribution in [0.2, 0.25) is 0 Å². The van der Waals surface area contributed by atoms with Crippen LogP contribution in [0.5, 0.6) is 0 Å². The quantitative estimate of drug-likeness (QED) is 0.753. The maximum absolute atomic E-state index is 12.5. The van der Waals surface area contributed by atoms with Crippen molar-refractivity contribution >= 4 is 16.1 Å². The first-order valence-corrected chi connectivity index (χ1v) is 8.56. The average Bonchev–Trinajstić information content (AvgIpc) is 2.48. The normalized spacial score (nSPS) is 26.4. The number of carbonyl (C=O) groups is 1. The molecular weight excluding hydrogens is 282 g/mol. The highest BCUT2D eigenvalue weighted by atomic mass is 32.2. The van der Waals surface area contributed by atoms with Gasteiger partial charge in [0.15, 0.2) is 0 Å². The standard InChI is InChI=1S/C12H23N3O4S/c1-2-13-12(16)11-4-3-5-15(10-11)20(17,18)14-6-8-19-9-7-14/h11H,2-10H2,1H3,(H,13,16)/t11-/m0/s1. The molecule has 0 aromatic rings. The molecule has 2 aliphatic rings. The van der Waals surface area contributed by atoms with E-state index in [4.69, 9.17) is 4.74 Å². The molecule has 0 aromatic carbocycles. The first-order chi connectivity index (χ1) is 9.55. The van der Waals surface area contributed by atoms with Gasteiger partial charge in [0.25, 0.3) is 10.2 Å². The van der Waals surface area contributed by atoms with Gasteiger partial charge < -0.3 is 10.1 Å². The van der Waals surface area contributed by atoms with Crippen LogP contribution >= 0.6 is 0 Å². The second kappa shape index (κ2) is 6.84. The van der Waals surface area contributed by atoms with Crippen molar-refractivity contribution in [3.05, 3.63) is 0 Å². The predicted molar refractivity (Wildman–Crippen MR) is 74.3 cm³/mol. The number of nitrogens with zero attached hydrogens (tertiary/aromatic N) is 2. The molecule has 7 nitrogen and oxygen atoms in total. The lowest BCUT2D eigenvalue weighted by atomic mass is 9.99. The molecule has 2 fully saturated rings. The maximum Gasteiger partial charge on any atom is 0.282 e. The van der Waals surface area contributed by atoms with Crippen molar-refractivity contribution in [1.29, 1.82) is 0 Å². The van der Waals surface area contributed by atoms with E-state index >= 15 is 0 Å². The number of carbonyl (C=O) groups excluding carboxylic acids is 1. The summed E-state index contributed by atoms with van der Waals surface area (Å²) >= 11 is 0. The minimum absolute atomic E-state index is 0.0469. The number of hydrogen-bond donors (Lipinski definition) is 1. The Morgan fingerprint density at radius 2 is 1.95 bits per heavy atom. The lowest BCUT2D eigenvalue weighted by Crippen LogP contribution is -2.52.